The summed E-state index contributed by atoms with van der Waals surface area (Å²) in [4.78, 5) is 14.6. The summed E-state index contributed by atoms with van der Waals surface area (Å²) in [7, 11) is 1.66. The fourth-order valence-corrected chi connectivity index (χ4v) is 2.15. The Morgan fingerprint density at radius 1 is 1.62 bits per heavy atom. The van der Waals surface area contributed by atoms with Crippen LogP contribution in [0.4, 0.5) is 0 Å². The lowest BCUT2D eigenvalue weighted by atomic mass is 10.1. The van der Waals surface area contributed by atoms with Crippen LogP contribution >= 0.6 is 11.3 Å². The normalized spacial score (nSPS) is 13.2. The van der Waals surface area contributed by atoms with Gasteiger partial charge in [-0.2, -0.15) is 0 Å². The number of hydrogen-bond donors (Lipinski definition) is 0. The maximum absolute atomic E-state index is 10.4. The predicted molar refractivity (Wildman–Crippen MR) is 52.1 cm³/mol. The van der Waals surface area contributed by atoms with E-state index in [-0.39, 0.29) is 6.10 Å². The van der Waals surface area contributed by atoms with Gasteiger partial charge in [0.2, 0.25) is 0 Å². The highest BCUT2D eigenvalue weighted by molar-refractivity contribution is 7.09. The number of carbonyl (C=O) groups is 1. The summed E-state index contributed by atoms with van der Waals surface area (Å²) in [6.07, 6.45) is 0.756. The van der Waals surface area contributed by atoms with Gasteiger partial charge in [-0.05, 0) is 5.92 Å². The molecule has 13 heavy (non-hydrogen) atoms. The Balaban J connectivity index is 2.85. The van der Waals surface area contributed by atoms with Gasteiger partial charge in [-0.15, -0.1) is 11.3 Å². The van der Waals surface area contributed by atoms with E-state index in [0.29, 0.717) is 11.6 Å². The lowest BCUT2D eigenvalue weighted by Gasteiger charge is -2.15. The van der Waals surface area contributed by atoms with Crippen LogP contribution < -0.4 is 0 Å². The molecule has 1 unspecified atom stereocenters. The first-order valence-corrected chi connectivity index (χ1v) is 5.00. The van der Waals surface area contributed by atoms with Crippen LogP contribution in [0, 0.1) is 5.92 Å². The van der Waals surface area contributed by atoms with Crippen molar-refractivity contribution in [3.05, 3.63) is 16.1 Å². The topological polar surface area (TPSA) is 39.2 Å². The third-order valence-corrected chi connectivity index (χ3v) is 2.69. The molecule has 0 N–H and O–H groups in total. The van der Waals surface area contributed by atoms with Gasteiger partial charge in [-0.1, -0.05) is 13.8 Å². The van der Waals surface area contributed by atoms with Crippen molar-refractivity contribution in [3.63, 3.8) is 0 Å². The maximum atomic E-state index is 10.4. The van der Waals surface area contributed by atoms with Gasteiger partial charge >= 0.3 is 0 Å². The minimum Gasteiger partial charge on any atom is -0.374 e. The zero-order valence-corrected chi connectivity index (χ0v) is 8.80. The lowest BCUT2D eigenvalue weighted by molar-refractivity contribution is 0.0643. The molecule has 1 aromatic rings. The molecule has 0 aromatic carbocycles. The molecule has 0 saturated carbocycles. The second-order valence-electron chi connectivity index (χ2n) is 3.13. The number of aldehydes is 1. The Morgan fingerprint density at radius 3 is 2.69 bits per heavy atom. The summed E-state index contributed by atoms with van der Waals surface area (Å²) in [5.41, 5.74) is 0.489. The average molecular weight is 199 g/mol. The molecule has 1 heterocycles. The number of hydrogen-bond acceptors (Lipinski definition) is 4. The standard InChI is InChI=1S/C9H13NO2S/c1-6(2)8(12-3)9-10-7(4-11)5-13-9/h4-6,8H,1-3H3. The van der Waals surface area contributed by atoms with Gasteiger partial charge in [0.25, 0.3) is 0 Å². The summed E-state index contributed by atoms with van der Waals surface area (Å²) < 4.78 is 5.29. The van der Waals surface area contributed by atoms with Crippen molar-refractivity contribution in [3.8, 4) is 0 Å². The monoisotopic (exact) mass is 199 g/mol. The molecule has 0 bridgehead atoms. The first-order chi connectivity index (χ1) is 6.19. The van der Waals surface area contributed by atoms with E-state index >= 15 is 0 Å². The van der Waals surface area contributed by atoms with E-state index in [0.717, 1.165) is 11.3 Å². The summed E-state index contributed by atoms with van der Waals surface area (Å²) in [6, 6.07) is 0. The third-order valence-electron chi connectivity index (χ3n) is 1.76. The molecule has 1 rings (SSSR count). The van der Waals surface area contributed by atoms with Crippen molar-refractivity contribution in [2.75, 3.05) is 7.11 Å². The number of carbonyl (C=O) groups excluding carboxylic acids is 1. The molecule has 1 aromatic heterocycles. The SMILES string of the molecule is COC(c1nc(C=O)cs1)C(C)C. The van der Waals surface area contributed by atoms with Crippen LogP contribution in [0.15, 0.2) is 5.38 Å². The van der Waals surface area contributed by atoms with E-state index in [1.54, 1.807) is 12.5 Å². The molecular formula is C9H13NO2S. The molecule has 0 aliphatic rings. The number of rotatable bonds is 4. The molecule has 4 heteroatoms. The van der Waals surface area contributed by atoms with Crippen LogP contribution in [-0.2, 0) is 4.74 Å². The van der Waals surface area contributed by atoms with Crippen molar-refractivity contribution in [2.45, 2.75) is 20.0 Å². The Labute approximate surface area is 81.8 Å². The summed E-state index contributed by atoms with van der Waals surface area (Å²) in [5, 5.41) is 2.62. The van der Waals surface area contributed by atoms with E-state index in [1.807, 2.05) is 0 Å². The fraction of sp³-hybridized carbons (Fsp3) is 0.556. The Kier molecular flexibility index (Phi) is 3.57. The molecule has 0 radical (unpaired) electrons. The zero-order chi connectivity index (χ0) is 9.84. The van der Waals surface area contributed by atoms with Gasteiger partial charge in [0, 0.05) is 12.5 Å². The van der Waals surface area contributed by atoms with E-state index in [4.69, 9.17) is 4.74 Å². The van der Waals surface area contributed by atoms with Crippen LogP contribution in [0.3, 0.4) is 0 Å². The van der Waals surface area contributed by atoms with Gasteiger partial charge in [0.05, 0.1) is 0 Å². The van der Waals surface area contributed by atoms with Crippen molar-refractivity contribution in [1.29, 1.82) is 0 Å². The predicted octanol–water partition coefficient (Wildman–Crippen LogP) is 2.30. The third kappa shape index (κ3) is 2.35. The van der Waals surface area contributed by atoms with Crippen molar-refractivity contribution in [2.24, 2.45) is 5.92 Å². The van der Waals surface area contributed by atoms with Crippen LogP contribution in [-0.4, -0.2) is 18.4 Å². The Bertz CT molecular complexity index is 283. The van der Waals surface area contributed by atoms with Gasteiger partial charge in [-0.25, -0.2) is 4.98 Å². The second kappa shape index (κ2) is 4.48. The van der Waals surface area contributed by atoms with E-state index in [1.165, 1.54) is 11.3 Å². The van der Waals surface area contributed by atoms with Crippen LogP contribution in [0.25, 0.3) is 0 Å². The number of nitrogens with zero attached hydrogens (tertiary/aromatic N) is 1. The van der Waals surface area contributed by atoms with Crippen molar-refractivity contribution >= 4 is 17.6 Å². The lowest BCUT2D eigenvalue weighted by Crippen LogP contribution is -2.08. The van der Waals surface area contributed by atoms with E-state index in [9.17, 15) is 4.79 Å². The summed E-state index contributed by atoms with van der Waals surface area (Å²) >= 11 is 1.47. The molecule has 0 saturated heterocycles. The molecule has 1 atom stereocenters. The van der Waals surface area contributed by atoms with Crippen molar-refractivity contribution < 1.29 is 9.53 Å². The van der Waals surface area contributed by atoms with E-state index < -0.39 is 0 Å². The smallest absolute Gasteiger partial charge is 0.169 e. The highest BCUT2D eigenvalue weighted by Crippen LogP contribution is 2.27. The van der Waals surface area contributed by atoms with Gasteiger partial charge < -0.3 is 4.74 Å². The first-order valence-electron chi connectivity index (χ1n) is 4.12. The molecule has 3 nitrogen and oxygen atoms in total. The van der Waals surface area contributed by atoms with Crippen molar-refractivity contribution in [1.82, 2.24) is 4.98 Å². The average Bonchev–Trinajstić information content (AvgIpc) is 2.53. The number of aromatic nitrogens is 1. The largest absolute Gasteiger partial charge is 0.374 e. The highest BCUT2D eigenvalue weighted by Gasteiger charge is 2.18. The Morgan fingerprint density at radius 2 is 2.31 bits per heavy atom. The minimum atomic E-state index is -0.00120. The van der Waals surface area contributed by atoms with Gasteiger partial charge in [0.1, 0.15) is 16.8 Å². The number of methoxy groups -OCH3 is 1. The van der Waals surface area contributed by atoms with Gasteiger partial charge in [-0.3, -0.25) is 4.79 Å². The summed E-state index contributed by atoms with van der Waals surface area (Å²) in [5.74, 6) is 0.371. The Hall–Kier alpha value is -0.740. The molecule has 0 amide bonds. The second-order valence-corrected chi connectivity index (χ2v) is 4.02. The highest BCUT2D eigenvalue weighted by atomic mass is 32.1. The first kappa shape index (κ1) is 10.3. The molecule has 0 spiro atoms. The molecular weight excluding hydrogens is 186 g/mol. The quantitative estimate of drug-likeness (QED) is 0.698. The maximum Gasteiger partial charge on any atom is 0.169 e. The summed E-state index contributed by atoms with van der Waals surface area (Å²) in [6.45, 7) is 4.13. The molecule has 72 valence electrons. The number of ether oxygens (including phenoxy) is 1. The van der Waals surface area contributed by atoms with Crippen LogP contribution in [0.5, 0.6) is 0 Å². The van der Waals surface area contributed by atoms with Gasteiger partial charge in [0.15, 0.2) is 6.29 Å². The molecule has 0 fully saturated rings. The van der Waals surface area contributed by atoms with Crippen LogP contribution in [0.2, 0.25) is 0 Å². The molecule has 0 aliphatic carbocycles. The number of thiazole rings is 1. The zero-order valence-electron chi connectivity index (χ0n) is 7.98. The van der Waals surface area contributed by atoms with Crippen LogP contribution in [0.1, 0.15) is 35.4 Å². The van der Waals surface area contributed by atoms with E-state index in [2.05, 4.69) is 18.8 Å². The molecule has 0 aliphatic heterocycles. The minimum absolute atomic E-state index is 0.00120. The fourth-order valence-electron chi connectivity index (χ4n) is 1.14.